The van der Waals surface area contributed by atoms with Crippen LogP contribution in [0.1, 0.15) is 55.9 Å². The number of amides is 1. The summed E-state index contributed by atoms with van der Waals surface area (Å²) in [6.07, 6.45) is 2.26. The Morgan fingerprint density at radius 2 is 1.96 bits per heavy atom. The van der Waals surface area contributed by atoms with Crippen molar-refractivity contribution in [3.63, 3.8) is 0 Å². The molecule has 0 saturated carbocycles. The van der Waals surface area contributed by atoms with E-state index in [4.69, 9.17) is 9.63 Å². The molecule has 0 radical (unpaired) electrons. The minimum atomic E-state index is -0.970. The first-order chi connectivity index (χ1) is 12.4. The Hall–Kier alpha value is -2.35. The van der Waals surface area contributed by atoms with Crippen molar-refractivity contribution in [2.45, 2.75) is 50.0 Å². The van der Waals surface area contributed by atoms with Crippen LogP contribution in [-0.4, -0.2) is 33.4 Å². The molecule has 1 unspecified atom stereocenters. The molecule has 1 heterocycles. The van der Waals surface area contributed by atoms with E-state index in [1.807, 2.05) is 44.4 Å². The van der Waals surface area contributed by atoms with E-state index in [1.54, 1.807) is 11.8 Å². The molecule has 0 saturated heterocycles. The molecule has 26 heavy (non-hydrogen) atoms. The van der Waals surface area contributed by atoms with E-state index in [0.29, 0.717) is 18.1 Å². The van der Waals surface area contributed by atoms with Gasteiger partial charge in [0.05, 0.1) is 12.5 Å². The Morgan fingerprint density at radius 1 is 1.27 bits per heavy atom. The van der Waals surface area contributed by atoms with E-state index in [2.05, 4.69) is 15.5 Å². The van der Waals surface area contributed by atoms with Crippen LogP contribution < -0.4 is 5.32 Å². The van der Waals surface area contributed by atoms with Crippen molar-refractivity contribution in [3.05, 3.63) is 41.5 Å². The standard InChI is InChI=1S/C18H23N3O4S/c1-11(2)18-20-16(25-21-18)9-8-15(22)19-14(10-17(23)24)12-4-6-13(26-3)7-5-12/h4-7,11,14H,8-10H2,1-3H3,(H,19,22)(H,23,24). The number of carbonyl (C=O) groups excluding carboxylic acids is 1. The lowest BCUT2D eigenvalue weighted by Crippen LogP contribution is -2.30. The van der Waals surface area contributed by atoms with Crippen LogP contribution >= 0.6 is 11.8 Å². The smallest absolute Gasteiger partial charge is 0.305 e. The van der Waals surface area contributed by atoms with Gasteiger partial charge in [-0.3, -0.25) is 9.59 Å². The lowest BCUT2D eigenvalue weighted by atomic mass is 10.0. The second-order valence-electron chi connectivity index (χ2n) is 6.19. The van der Waals surface area contributed by atoms with Crippen molar-refractivity contribution in [3.8, 4) is 0 Å². The Bertz CT molecular complexity index is 743. The molecule has 140 valence electrons. The number of aliphatic carboxylic acids is 1. The maximum absolute atomic E-state index is 12.2. The number of benzene rings is 1. The summed E-state index contributed by atoms with van der Waals surface area (Å²) in [4.78, 5) is 28.7. The second kappa shape index (κ2) is 9.38. The molecular formula is C18H23N3O4S. The summed E-state index contributed by atoms with van der Waals surface area (Å²) < 4.78 is 5.12. The average Bonchev–Trinajstić information content (AvgIpc) is 3.08. The second-order valence-corrected chi connectivity index (χ2v) is 7.07. The molecule has 7 nitrogen and oxygen atoms in total. The third-order valence-electron chi connectivity index (χ3n) is 3.80. The molecule has 1 atom stereocenters. The summed E-state index contributed by atoms with van der Waals surface area (Å²) in [7, 11) is 0. The van der Waals surface area contributed by atoms with Crippen molar-refractivity contribution in [2.24, 2.45) is 0 Å². The molecule has 8 heteroatoms. The average molecular weight is 377 g/mol. The molecule has 1 aromatic carbocycles. The van der Waals surface area contributed by atoms with Crippen LogP contribution in [0, 0.1) is 0 Å². The number of thioether (sulfide) groups is 1. The maximum Gasteiger partial charge on any atom is 0.305 e. The summed E-state index contributed by atoms with van der Waals surface area (Å²) in [6.45, 7) is 3.92. The molecule has 2 aromatic rings. The van der Waals surface area contributed by atoms with Crippen LogP contribution in [0.5, 0.6) is 0 Å². The molecule has 2 N–H and O–H groups in total. The van der Waals surface area contributed by atoms with Gasteiger partial charge in [0.15, 0.2) is 5.82 Å². The van der Waals surface area contributed by atoms with Crippen molar-refractivity contribution in [2.75, 3.05) is 6.26 Å². The van der Waals surface area contributed by atoms with Crippen molar-refractivity contribution in [1.29, 1.82) is 0 Å². The number of carbonyl (C=O) groups is 2. The fourth-order valence-electron chi connectivity index (χ4n) is 2.35. The van der Waals surface area contributed by atoms with Crippen LogP contribution in [0.3, 0.4) is 0 Å². The highest BCUT2D eigenvalue weighted by Crippen LogP contribution is 2.21. The number of nitrogens with one attached hydrogen (secondary N) is 1. The van der Waals surface area contributed by atoms with Gasteiger partial charge >= 0.3 is 5.97 Å². The van der Waals surface area contributed by atoms with Gasteiger partial charge in [-0.05, 0) is 24.0 Å². The van der Waals surface area contributed by atoms with E-state index in [-0.39, 0.29) is 24.7 Å². The topological polar surface area (TPSA) is 105 Å². The highest BCUT2D eigenvalue weighted by Gasteiger charge is 2.19. The Morgan fingerprint density at radius 3 is 2.50 bits per heavy atom. The monoisotopic (exact) mass is 377 g/mol. The van der Waals surface area contributed by atoms with Gasteiger partial charge in [-0.2, -0.15) is 4.98 Å². The Labute approximate surface area is 156 Å². The Balaban J connectivity index is 1.97. The first kappa shape index (κ1) is 20.0. The van der Waals surface area contributed by atoms with Crippen LogP contribution in [0.25, 0.3) is 0 Å². The first-order valence-corrected chi connectivity index (χ1v) is 9.59. The summed E-state index contributed by atoms with van der Waals surface area (Å²) in [5.41, 5.74) is 0.762. The van der Waals surface area contributed by atoms with Gasteiger partial charge in [-0.15, -0.1) is 11.8 Å². The van der Waals surface area contributed by atoms with Crippen molar-refractivity contribution < 1.29 is 19.2 Å². The minimum Gasteiger partial charge on any atom is -0.481 e. The zero-order valence-electron chi connectivity index (χ0n) is 15.1. The van der Waals surface area contributed by atoms with Crippen molar-refractivity contribution >= 4 is 23.6 Å². The maximum atomic E-state index is 12.2. The molecule has 0 aliphatic heterocycles. The number of nitrogens with zero attached hydrogens (tertiary/aromatic N) is 2. The quantitative estimate of drug-likeness (QED) is 0.647. The highest BCUT2D eigenvalue weighted by molar-refractivity contribution is 7.98. The number of carboxylic acids is 1. The van der Waals surface area contributed by atoms with E-state index >= 15 is 0 Å². The number of aromatic nitrogens is 2. The normalized spacial score (nSPS) is 12.2. The summed E-state index contributed by atoms with van der Waals surface area (Å²) >= 11 is 1.60. The van der Waals surface area contributed by atoms with Crippen molar-refractivity contribution in [1.82, 2.24) is 15.5 Å². The fraction of sp³-hybridized carbons (Fsp3) is 0.444. The lowest BCUT2D eigenvalue weighted by molar-refractivity contribution is -0.137. The van der Waals surface area contributed by atoms with Crippen LogP contribution in [-0.2, 0) is 16.0 Å². The first-order valence-electron chi connectivity index (χ1n) is 8.36. The van der Waals surface area contributed by atoms with Crippen LogP contribution in [0.15, 0.2) is 33.7 Å². The SMILES string of the molecule is CSc1ccc(C(CC(=O)O)NC(=O)CCc2nc(C(C)C)no2)cc1. The van der Waals surface area contributed by atoms with Gasteiger partial charge in [-0.1, -0.05) is 31.1 Å². The zero-order valence-corrected chi connectivity index (χ0v) is 15.9. The third kappa shape index (κ3) is 5.87. The zero-order chi connectivity index (χ0) is 19.1. The molecule has 1 amide bonds. The number of hydrogen-bond donors (Lipinski definition) is 2. The van der Waals surface area contributed by atoms with Gasteiger partial charge < -0.3 is 14.9 Å². The largest absolute Gasteiger partial charge is 0.481 e. The van der Waals surface area contributed by atoms with E-state index in [1.165, 1.54) is 0 Å². The number of carboxylic acid groups (broad SMARTS) is 1. The molecule has 0 spiro atoms. The molecule has 0 bridgehead atoms. The predicted octanol–water partition coefficient (Wildman–Crippen LogP) is 3.18. The summed E-state index contributed by atoms with van der Waals surface area (Å²) in [5, 5.41) is 15.8. The van der Waals surface area contributed by atoms with Crippen LogP contribution in [0.2, 0.25) is 0 Å². The lowest BCUT2D eigenvalue weighted by Gasteiger charge is -2.17. The number of hydrogen-bond acceptors (Lipinski definition) is 6. The molecular weight excluding hydrogens is 354 g/mol. The van der Waals surface area contributed by atoms with Gasteiger partial charge in [0, 0.05) is 23.7 Å². The molecule has 1 aromatic heterocycles. The summed E-state index contributed by atoms with van der Waals surface area (Å²) in [6, 6.07) is 6.92. The van der Waals surface area contributed by atoms with E-state index < -0.39 is 12.0 Å². The third-order valence-corrected chi connectivity index (χ3v) is 4.54. The number of rotatable bonds is 9. The minimum absolute atomic E-state index is 0.152. The molecule has 0 fully saturated rings. The highest BCUT2D eigenvalue weighted by atomic mass is 32.2. The van der Waals surface area contributed by atoms with Gasteiger partial charge in [-0.25, -0.2) is 0 Å². The molecule has 2 rings (SSSR count). The van der Waals surface area contributed by atoms with Gasteiger partial charge in [0.2, 0.25) is 11.8 Å². The fourth-order valence-corrected chi connectivity index (χ4v) is 2.76. The molecule has 0 aliphatic carbocycles. The van der Waals surface area contributed by atoms with E-state index in [0.717, 1.165) is 10.5 Å². The Kier molecular flexibility index (Phi) is 7.20. The van der Waals surface area contributed by atoms with Gasteiger partial charge in [0.1, 0.15) is 0 Å². The van der Waals surface area contributed by atoms with Crippen LogP contribution in [0.4, 0.5) is 0 Å². The van der Waals surface area contributed by atoms with Gasteiger partial charge in [0.25, 0.3) is 0 Å². The predicted molar refractivity (Wildman–Crippen MR) is 98.1 cm³/mol. The molecule has 0 aliphatic rings. The van der Waals surface area contributed by atoms with E-state index in [9.17, 15) is 9.59 Å². The summed E-state index contributed by atoms with van der Waals surface area (Å²) in [5.74, 6) is -0.0521. The number of aryl methyl sites for hydroxylation is 1.